The van der Waals surface area contributed by atoms with Crippen molar-refractivity contribution >= 4 is 49.4 Å². The van der Waals surface area contributed by atoms with Crippen LogP contribution in [-0.4, -0.2) is 51.8 Å². The summed E-state index contributed by atoms with van der Waals surface area (Å²) in [5.41, 5.74) is 0.692. The molecule has 0 aliphatic carbocycles. The number of anilines is 2. The monoisotopic (exact) mass is 621 g/mol. The first-order valence-corrected chi connectivity index (χ1v) is 15.3. The summed E-state index contributed by atoms with van der Waals surface area (Å²) in [6.07, 6.45) is 1.83. The number of halogens is 2. The molecular formula is C31H33F2N7O3S. The molecule has 0 saturated carbocycles. The van der Waals surface area contributed by atoms with E-state index in [1.807, 2.05) is 4.90 Å². The molecule has 0 radical (unpaired) electrons. The van der Waals surface area contributed by atoms with Crippen molar-refractivity contribution in [1.29, 1.82) is 5.26 Å². The predicted octanol–water partition coefficient (Wildman–Crippen LogP) is 6.26. The maximum absolute atomic E-state index is 16.8. The van der Waals surface area contributed by atoms with Crippen LogP contribution in [0.4, 0.5) is 24.5 Å². The van der Waals surface area contributed by atoms with Crippen LogP contribution < -0.4 is 15.5 Å². The molecule has 2 N–H and O–H groups in total. The van der Waals surface area contributed by atoms with E-state index in [4.69, 9.17) is 14.5 Å². The van der Waals surface area contributed by atoms with E-state index in [-0.39, 0.29) is 56.7 Å². The van der Waals surface area contributed by atoms with Gasteiger partial charge in [-0.3, -0.25) is 10.3 Å². The lowest BCUT2D eigenvalue weighted by atomic mass is 9.94. The summed E-state index contributed by atoms with van der Waals surface area (Å²) in [4.78, 5) is 28.2. The molecule has 1 fully saturated rings. The molecular weight excluding hydrogens is 588 g/mol. The summed E-state index contributed by atoms with van der Waals surface area (Å²) < 4.78 is 43.1. The van der Waals surface area contributed by atoms with Gasteiger partial charge in [-0.2, -0.15) is 5.26 Å². The second kappa shape index (κ2) is 11.2. The number of aromatic nitrogens is 3. The number of amides is 1. The summed E-state index contributed by atoms with van der Waals surface area (Å²) in [5.74, 6) is -0.604. The van der Waals surface area contributed by atoms with Gasteiger partial charge in [-0.1, -0.05) is 20.8 Å². The number of benzene rings is 1. The van der Waals surface area contributed by atoms with Crippen molar-refractivity contribution in [2.24, 2.45) is 5.92 Å². The van der Waals surface area contributed by atoms with Gasteiger partial charge in [0.15, 0.2) is 11.6 Å². The molecule has 1 aromatic carbocycles. The van der Waals surface area contributed by atoms with Crippen LogP contribution in [-0.2, 0) is 22.7 Å². The van der Waals surface area contributed by atoms with Gasteiger partial charge in [-0.05, 0) is 37.8 Å². The van der Waals surface area contributed by atoms with Gasteiger partial charge in [0.05, 0.1) is 35.4 Å². The summed E-state index contributed by atoms with van der Waals surface area (Å²) in [6, 6.07) is 2.62. The number of thiophene rings is 1. The van der Waals surface area contributed by atoms with Gasteiger partial charge in [0.1, 0.15) is 22.2 Å². The Labute approximate surface area is 257 Å². The van der Waals surface area contributed by atoms with E-state index in [2.05, 4.69) is 47.4 Å². The van der Waals surface area contributed by atoms with Crippen LogP contribution in [0.5, 0.6) is 0 Å². The lowest BCUT2D eigenvalue weighted by molar-refractivity contribution is 0.0636. The Balaban J connectivity index is 1.50. The highest BCUT2D eigenvalue weighted by Crippen LogP contribution is 2.46. The first-order valence-electron chi connectivity index (χ1n) is 14.5. The molecule has 2 aliphatic heterocycles. The normalized spacial score (nSPS) is 18.3. The molecule has 2 atom stereocenters. The molecule has 3 aromatic heterocycles. The third kappa shape index (κ3) is 5.31. The average molecular weight is 622 g/mol. The van der Waals surface area contributed by atoms with Gasteiger partial charge in [0.25, 0.3) is 0 Å². The first-order chi connectivity index (χ1) is 20.9. The minimum Gasteiger partial charge on any atom is -0.444 e. The summed E-state index contributed by atoms with van der Waals surface area (Å²) in [5, 5.41) is 17.0. The Kier molecular flexibility index (Phi) is 7.63. The second-order valence-corrected chi connectivity index (χ2v) is 13.6. The van der Waals surface area contributed by atoms with Crippen LogP contribution in [0.2, 0.25) is 0 Å². The van der Waals surface area contributed by atoms with E-state index in [9.17, 15) is 10.1 Å². The number of nitrogens with one attached hydrogen (secondary N) is 2. The lowest BCUT2D eigenvalue weighted by Gasteiger charge is -2.20. The van der Waals surface area contributed by atoms with Gasteiger partial charge in [-0.25, -0.2) is 23.5 Å². The number of hydrogen-bond acceptors (Lipinski definition) is 10. The van der Waals surface area contributed by atoms with Crippen LogP contribution in [0, 0.1) is 28.9 Å². The standard InChI is InChI=1S/C31H33F2N7O3S/c1-14(2)37-21-11-40(10-15(21)3)29-36-8-17-18-12-42-13-19(18)22(24(33)25(17)38-29)26-23-16(7-34)28(39-30(41)43-31(4,5)6)44-27(23)20(32)9-35-26/h8-9,14-15,21,37H,10-13H2,1-6H3,(H,39,41)/t15-,21-/m0/s1. The van der Waals surface area contributed by atoms with Crippen LogP contribution in [0.25, 0.3) is 32.2 Å². The highest BCUT2D eigenvalue weighted by molar-refractivity contribution is 7.23. The molecule has 10 nitrogen and oxygen atoms in total. The second-order valence-electron chi connectivity index (χ2n) is 12.6. The predicted molar refractivity (Wildman–Crippen MR) is 165 cm³/mol. The summed E-state index contributed by atoms with van der Waals surface area (Å²) >= 11 is 0.863. The summed E-state index contributed by atoms with van der Waals surface area (Å²) in [7, 11) is 0. The quantitative estimate of drug-likeness (QED) is 0.266. The highest BCUT2D eigenvalue weighted by atomic mass is 32.1. The van der Waals surface area contributed by atoms with Gasteiger partial charge >= 0.3 is 6.09 Å². The van der Waals surface area contributed by atoms with Crippen LogP contribution in [0.1, 0.15) is 58.2 Å². The van der Waals surface area contributed by atoms with Gasteiger partial charge in [0, 0.05) is 47.7 Å². The molecule has 0 bridgehead atoms. The number of carbonyl (C=O) groups is 1. The molecule has 0 spiro atoms. The number of hydrogen-bond donors (Lipinski definition) is 2. The van der Waals surface area contributed by atoms with Crippen molar-refractivity contribution in [3.8, 4) is 17.3 Å². The van der Waals surface area contributed by atoms with Gasteiger partial charge in [-0.15, -0.1) is 11.3 Å². The fourth-order valence-electron chi connectivity index (χ4n) is 5.93. The topological polar surface area (TPSA) is 125 Å². The number of carbonyl (C=O) groups excluding carboxylic acids is 1. The van der Waals surface area contributed by atoms with E-state index in [0.717, 1.165) is 23.1 Å². The van der Waals surface area contributed by atoms with Gasteiger partial charge < -0.3 is 19.7 Å². The van der Waals surface area contributed by atoms with Crippen molar-refractivity contribution in [3.05, 3.63) is 40.7 Å². The molecule has 4 aromatic rings. The molecule has 13 heteroatoms. The average Bonchev–Trinajstić information content (AvgIpc) is 3.66. The van der Waals surface area contributed by atoms with Crippen molar-refractivity contribution in [1.82, 2.24) is 20.3 Å². The zero-order valence-corrected chi connectivity index (χ0v) is 26.2. The number of pyridine rings is 1. The Morgan fingerprint density at radius 3 is 2.66 bits per heavy atom. The number of ether oxygens (including phenoxy) is 2. The number of nitrogens with zero attached hydrogens (tertiary/aromatic N) is 5. The molecule has 6 rings (SSSR count). The van der Waals surface area contributed by atoms with Crippen molar-refractivity contribution < 1.29 is 23.0 Å². The maximum Gasteiger partial charge on any atom is 0.412 e. The van der Waals surface area contributed by atoms with E-state index >= 15 is 8.78 Å². The van der Waals surface area contributed by atoms with Crippen LogP contribution in [0.3, 0.4) is 0 Å². The van der Waals surface area contributed by atoms with Crippen molar-refractivity contribution in [3.63, 3.8) is 0 Å². The van der Waals surface area contributed by atoms with Crippen LogP contribution in [0.15, 0.2) is 12.4 Å². The smallest absolute Gasteiger partial charge is 0.412 e. The third-order valence-electron chi connectivity index (χ3n) is 7.76. The van der Waals surface area contributed by atoms with Crippen LogP contribution >= 0.6 is 11.3 Å². The molecule has 1 amide bonds. The SMILES string of the molecule is CC(C)N[C@H]1CN(c2ncc3c4c(c(-c5ncc(F)c6sc(NC(=O)OC(C)(C)C)c(C#N)c56)c(F)c3n2)COC4)C[C@@H]1C. The van der Waals surface area contributed by atoms with E-state index < -0.39 is 23.3 Å². The first kappa shape index (κ1) is 30.1. The molecule has 1 saturated heterocycles. The Hall–Kier alpha value is -3.99. The minimum absolute atomic E-state index is 0.0388. The number of nitriles is 1. The lowest BCUT2D eigenvalue weighted by Crippen LogP contribution is -2.39. The third-order valence-corrected chi connectivity index (χ3v) is 8.88. The Morgan fingerprint density at radius 1 is 1.20 bits per heavy atom. The van der Waals surface area contributed by atoms with E-state index in [1.54, 1.807) is 27.0 Å². The maximum atomic E-state index is 16.8. The zero-order valence-electron chi connectivity index (χ0n) is 25.3. The molecule has 44 heavy (non-hydrogen) atoms. The number of rotatable bonds is 5. The fourth-order valence-corrected chi connectivity index (χ4v) is 6.97. The molecule has 5 heterocycles. The molecule has 0 unspecified atom stereocenters. The zero-order chi connectivity index (χ0) is 31.5. The Bertz CT molecular complexity index is 1850. The Morgan fingerprint density at radius 2 is 1.95 bits per heavy atom. The summed E-state index contributed by atoms with van der Waals surface area (Å²) in [6.45, 7) is 13.2. The van der Waals surface area contributed by atoms with E-state index in [0.29, 0.717) is 41.9 Å². The molecule has 2 aliphatic rings. The van der Waals surface area contributed by atoms with Crippen molar-refractivity contribution in [2.75, 3.05) is 23.3 Å². The highest BCUT2D eigenvalue weighted by Gasteiger charge is 2.34. The van der Waals surface area contributed by atoms with E-state index in [1.165, 1.54) is 0 Å². The number of fused-ring (bicyclic) bond motifs is 4. The molecule has 230 valence electrons. The van der Waals surface area contributed by atoms with Crippen molar-refractivity contribution in [2.45, 2.75) is 72.4 Å². The largest absolute Gasteiger partial charge is 0.444 e. The van der Waals surface area contributed by atoms with Gasteiger partial charge in [0.2, 0.25) is 5.95 Å². The minimum atomic E-state index is -0.798. The fraction of sp³-hybridized carbons (Fsp3) is 0.452.